The Balaban J connectivity index is 3.11. The van der Waals surface area contributed by atoms with Gasteiger partial charge in [0.05, 0.1) is 23.8 Å². The van der Waals surface area contributed by atoms with Crippen molar-refractivity contribution in [3.8, 4) is 11.5 Å². The van der Waals surface area contributed by atoms with Gasteiger partial charge >= 0.3 is 11.9 Å². The zero-order valence-electron chi connectivity index (χ0n) is 12.0. The van der Waals surface area contributed by atoms with Crippen molar-refractivity contribution in [2.45, 2.75) is 26.4 Å². The smallest absolute Gasteiger partial charge is 0.347 e. The van der Waals surface area contributed by atoms with Gasteiger partial charge < -0.3 is 19.3 Å². The first-order valence-corrected chi connectivity index (χ1v) is 7.17. The largest absolute Gasteiger partial charge is 0.493 e. The Kier molecular flexibility index (Phi) is 6.48. The van der Waals surface area contributed by atoms with Crippen LogP contribution in [0.25, 0.3) is 0 Å². The van der Waals surface area contributed by atoms with E-state index in [2.05, 4.69) is 15.9 Å². The molecule has 6 nitrogen and oxygen atoms in total. The first-order chi connectivity index (χ1) is 9.94. The molecule has 0 aliphatic heterocycles. The minimum absolute atomic E-state index is 0.0512. The third-order valence-corrected chi connectivity index (χ3v) is 3.25. The van der Waals surface area contributed by atoms with E-state index in [4.69, 9.17) is 19.3 Å². The summed E-state index contributed by atoms with van der Waals surface area (Å²) in [6.45, 7) is 3.76. The minimum Gasteiger partial charge on any atom is -0.493 e. The Bertz CT molecular complexity index is 528. The highest BCUT2D eigenvalue weighted by molar-refractivity contribution is 9.10. The van der Waals surface area contributed by atoms with Crippen LogP contribution in [-0.2, 0) is 9.53 Å². The van der Waals surface area contributed by atoms with Gasteiger partial charge in [0, 0.05) is 0 Å². The zero-order valence-corrected chi connectivity index (χ0v) is 13.6. The van der Waals surface area contributed by atoms with E-state index in [-0.39, 0.29) is 23.7 Å². The topological polar surface area (TPSA) is 82.1 Å². The molecule has 0 aliphatic rings. The van der Waals surface area contributed by atoms with E-state index in [1.807, 2.05) is 0 Å². The standard InChI is InChI=1S/C14H17BrO6/c1-4-10(14(18)20-5-2)21-12-9(15)6-8(13(16)17)7-11(12)19-3/h6-7,10H,4-5H2,1-3H3,(H,16,17). The van der Waals surface area contributed by atoms with Gasteiger partial charge in [0.1, 0.15) is 0 Å². The van der Waals surface area contributed by atoms with Crippen LogP contribution in [0.4, 0.5) is 0 Å². The molecule has 0 radical (unpaired) electrons. The monoisotopic (exact) mass is 360 g/mol. The van der Waals surface area contributed by atoms with Crippen LogP contribution in [0.2, 0.25) is 0 Å². The molecule has 0 fully saturated rings. The van der Waals surface area contributed by atoms with Gasteiger partial charge in [-0.05, 0) is 41.4 Å². The molecule has 1 atom stereocenters. The lowest BCUT2D eigenvalue weighted by molar-refractivity contribution is -0.151. The van der Waals surface area contributed by atoms with Crippen molar-refractivity contribution in [1.82, 2.24) is 0 Å². The molecule has 7 heteroatoms. The third kappa shape index (κ3) is 4.35. The molecule has 0 spiro atoms. The first kappa shape index (κ1) is 17.3. The summed E-state index contributed by atoms with van der Waals surface area (Å²) in [7, 11) is 1.39. The summed E-state index contributed by atoms with van der Waals surface area (Å²) >= 11 is 3.23. The third-order valence-electron chi connectivity index (χ3n) is 2.66. The summed E-state index contributed by atoms with van der Waals surface area (Å²) in [6.07, 6.45) is -0.374. The number of aromatic carboxylic acids is 1. The van der Waals surface area contributed by atoms with Crippen molar-refractivity contribution in [1.29, 1.82) is 0 Å². The Labute approximate surface area is 131 Å². The molecular formula is C14H17BrO6. The number of carboxylic acid groups (broad SMARTS) is 1. The summed E-state index contributed by atoms with van der Waals surface area (Å²) in [5, 5.41) is 9.02. The minimum atomic E-state index is -1.09. The SMILES string of the molecule is CCOC(=O)C(CC)Oc1c(Br)cc(C(=O)O)cc1OC. The van der Waals surface area contributed by atoms with Crippen molar-refractivity contribution in [3.63, 3.8) is 0 Å². The summed E-state index contributed by atoms with van der Waals surface area (Å²) in [5.74, 6) is -1.07. The van der Waals surface area contributed by atoms with Gasteiger partial charge in [-0.25, -0.2) is 9.59 Å². The second-order valence-electron chi connectivity index (χ2n) is 4.06. The number of benzene rings is 1. The van der Waals surface area contributed by atoms with Crippen molar-refractivity contribution in [2.24, 2.45) is 0 Å². The number of carbonyl (C=O) groups excluding carboxylic acids is 1. The van der Waals surface area contributed by atoms with Gasteiger partial charge in [0.2, 0.25) is 0 Å². The van der Waals surface area contributed by atoms with Gasteiger partial charge in [-0.15, -0.1) is 0 Å². The average Bonchev–Trinajstić information content (AvgIpc) is 2.45. The highest BCUT2D eigenvalue weighted by Crippen LogP contribution is 2.37. The van der Waals surface area contributed by atoms with Crippen molar-refractivity contribution >= 4 is 27.9 Å². The van der Waals surface area contributed by atoms with E-state index >= 15 is 0 Å². The van der Waals surface area contributed by atoms with E-state index in [1.54, 1.807) is 13.8 Å². The van der Waals surface area contributed by atoms with Crippen molar-refractivity contribution in [3.05, 3.63) is 22.2 Å². The Morgan fingerprint density at radius 3 is 2.48 bits per heavy atom. The maximum absolute atomic E-state index is 11.8. The predicted molar refractivity (Wildman–Crippen MR) is 79.0 cm³/mol. The quantitative estimate of drug-likeness (QED) is 0.752. The first-order valence-electron chi connectivity index (χ1n) is 6.38. The van der Waals surface area contributed by atoms with E-state index in [1.165, 1.54) is 19.2 Å². The fourth-order valence-corrected chi connectivity index (χ4v) is 2.17. The van der Waals surface area contributed by atoms with Gasteiger partial charge in [-0.2, -0.15) is 0 Å². The summed E-state index contributed by atoms with van der Waals surface area (Å²) in [5.41, 5.74) is 0.0512. The fourth-order valence-electron chi connectivity index (χ4n) is 1.63. The van der Waals surface area contributed by atoms with Gasteiger partial charge in [0.25, 0.3) is 0 Å². The molecule has 0 amide bonds. The number of ether oxygens (including phenoxy) is 3. The molecule has 0 heterocycles. The number of halogens is 1. The van der Waals surface area contributed by atoms with E-state index < -0.39 is 18.0 Å². The second kappa shape index (κ2) is 7.87. The maximum atomic E-state index is 11.8. The van der Waals surface area contributed by atoms with Crippen molar-refractivity contribution in [2.75, 3.05) is 13.7 Å². The number of methoxy groups -OCH3 is 1. The highest BCUT2D eigenvalue weighted by atomic mass is 79.9. The number of esters is 1. The number of carbonyl (C=O) groups is 2. The van der Waals surface area contributed by atoms with E-state index in [0.29, 0.717) is 10.9 Å². The van der Waals surface area contributed by atoms with Crippen LogP contribution in [0, 0.1) is 0 Å². The van der Waals surface area contributed by atoms with Gasteiger partial charge in [-0.3, -0.25) is 0 Å². The van der Waals surface area contributed by atoms with E-state index in [9.17, 15) is 9.59 Å². The van der Waals surface area contributed by atoms with Crippen LogP contribution in [0.1, 0.15) is 30.6 Å². The Morgan fingerprint density at radius 1 is 1.33 bits per heavy atom. The molecule has 116 valence electrons. The summed E-state index contributed by atoms with van der Waals surface area (Å²) in [6, 6.07) is 2.72. The average molecular weight is 361 g/mol. The lowest BCUT2D eigenvalue weighted by Gasteiger charge is -2.19. The molecular weight excluding hydrogens is 344 g/mol. The molecule has 0 aromatic heterocycles. The maximum Gasteiger partial charge on any atom is 0.347 e. The van der Waals surface area contributed by atoms with Crippen LogP contribution in [0.3, 0.4) is 0 Å². The van der Waals surface area contributed by atoms with Gasteiger partial charge in [-0.1, -0.05) is 6.92 Å². The molecule has 0 saturated carbocycles. The molecule has 1 aromatic carbocycles. The second-order valence-corrected chi connectivity index (χ2v) is 4.92. The fraction of sp³-hybridized carbons (Fsp3) is 0.429. The number of carboxylic acids is 1. The van der Waals surface area contributed by atoms with Crippen LogP contribution < -0.4 is 9.47 Å². The summed E-state index contributed by atoms with van der Waals surface area (Å²) < 4.78 is 16.1. The lowest BCUT2D eigenvalue weighted by Crippen LogP contribution is -2.29. The van der Waals surface area contributed by atoms with Crippen LogP contribution >= 0.6 is 15.9 Å². The summed E-state index contributed by atoms with van der Waals surface area (Å²) in [4.78, 5) is 22.8. The molecule has 0 aliphatic carbocycles. The van der Waals surface area contributed by atoms with Crippen molar-refractivity contribution < 1.29 is 28.9 Å². The Morgan fingerprint density at radius 2 is 2.00 bits per heavy atom. The molecule has 21 heavy (non-hydrogen) atoms. The number of rotatable bonds is 7. The van der Waals surface area contributed by atoms with Gasteiger partial charge in [0.15, 0.2) is 17.6 Å². The lowest BCUT2D eigenvalue weighted by atomic mass is 10.2. The highest BCUT2D eigenvalue weighted by Gasteiger charge is 2.24. The molecule has 0 bridgehead atoms. The molecule has 1 N–H and O–H groups in total. The molecule has 1 aromatic rings. The van der Waals surface area contributed by atoms with Crippen LogP contribution in [-0.4, -0.2) is 36.9 Å². The molecule has 1 rings (SSSR count). The predicted octanol–water partition coefficient (Wildman–Crippen LogP) is 2.88. The molecule has 0 saturated heterocycles. The Hall–Kier alpha value is -1.76. The number of hydrogen-bond donors (Lipinski definition) is 1. The van der Waals surface area contributed by atoms with Crippen LogP contribution in [0.15, 0.2) is 16.6 Å². The van der Waals surface area contributed by atoms with Crippen LogP contribution in [0.5, 0.6) is 11.5 Å². The normalized spacial score (nSPS) is 11.6. The molecule has 1 unspecified atom stereocenters. The van der Waals surface area contributed by atoms with E-state index in [0.717, 1.165) is 0 Å². The zero-order chi connectivity index (χ0) is 16.0. The number of hydrogen-bond acceptors (Lipinski definition) is 5.